The molecule has 0 aliphatic carbocycles. The monoisotopic (exact) mass is 184 g/mol. The number of hydrogen-bond acceptors (Lipinski definition) is 3. The van der Waals surface area contributed by atoms with Gasteiger partial charge in [0.05, 0.1) is 5.04 Å². The van der Waals surface area contributed by atoms with Crippen LogP contribution in [-0.2, 0) is 0 Å². The average molecular weight is 184 g/mol. The molecule has 0 N–H and O–H groups in total. The van der Waals surface area contributed by atoms with E-state index in [1.54, 1.807) is 18.8 Å². The predicted molar refractivity (Wildman–Crippen MR) is 59.3 cm³/mol. The Hall–Kier alpha value is -0.570. The first-order valence-corrected chi connectivity index (χ1v) is 5.07. The van der Waals surface area contributed by atoms with Crippen LogP contribution in [0.3, 0.4) is 0 Å². The number of aliphatic imine (C=N–C) groups is 2. The number of rotatable bonds is 3. The van der Waals surface area contributed by atoms with Gasteiger partial charge < -0.3 is 0 Å². The van der Waals surface area contributed by atoms with Crippen molar-refractivity contribution >= 4 is 23.5 Å². The minimum absolute atomic E-state index is 0.409. The predicted octanol–water partition coefficient (Wildman–Crippen LogP) is 2.62. The number of thioether (sulfide) groups is 1. The lowest BCUT2D eigenvalue weighted by atomic mass is 10.1. The Bertz CT molecular complexity index is 205. The second-order valence-electron chi connectivity index (χ2n) is 2.65. The smallest absolute Gasteiger partial charge is 0.0916 e. The second kappa shape index (κ2) is 6.00. The van der Waals surface area contributed by atoms with Gasteiger partial charge in [-0.1, -0.05) is 13.8 Å². The van der Waals surface area contributed by atoms with Gasteiger partial charge in [0.15, 0.2) is 0 Å². The average Bonchev–Trinajstić information content (AvgIpc) is 2.06. The maximum absolute atomic E-state index is 4.09. The summed E-state index contributed by atoms with van der Waals surface area (Å²) < 4.78 is 0. The highest BCUT2D eigenvalue weighted by atomic mass is 32.2. The first-order valence-electron chi connectivity index (χ1n) is 3.84. The van der Waals surface area contributed by atoms with Crippen LogP contribution >= 0.6 is 11.8 Å². The zero-order valence-electron chi connectivity index (χ0n) is 8.16. The molecule has 0 bridgehead atoms. The Balaban J connectivity index is 4.58. The Morgan fingerprint density at radius 1 is 1.50 bits per heavy atom. The van der Waals surface area contributed by atoms with Crippen molar-refractivity contribution in [3.05, 3.63) is 11.8 Å². The molecule has 0 saturated carbocycles. The highest BCUT2D eigenvalue weighted by molar-refractivity contribution is 8.13. The summed E-state index contributed by atoms with van der Waals surface area (Å²) in [5.74, 6) is 0.409. The maximum atomic E-state index is 4.09. The molecule has 0 unspecified atom stereocenters. The molecule has 0 saturated heterocycles. The van der Waals surface area contributed by atoms with Gasteiger partial charge in [0, 0.05) is 12.7 Å². The van der Waals surface area contributed by atoms with E-state index in [1.165, 1.54) is 0 Å². The first-order chi connectivity index (χ1) is 5.65. The minimum Gasteiger partial charge on any atom is -0.282 e. The van der Waals surface area contributed by atoms with Gasteiger partial charge in [0.25, 0.3) is 0 Å². The van der Waals surface area contributed by atoms with Crippen molar-refractivity contribution in [2.24, 2.45) is 15.9 Å². The van der Waals surface area contributed by atoms with Gasteiger partial charge in [-0.3, -0.25) is 9.98 Å². The summed E-state index contributed by atoms with van der Waals surface area (Å²) in [6.45, 7) is 7.70. The van der Waals surface area contributed by atoms with Crippen LogP contribution in [0.5, 0.6) is 0 Å². The van der Waals surface area contributed by atoms with E-state index in [2.05, 4.69) is 30.5 Å². The molecule has 0 atom stereocenters. The van der Waals surface area contributed by atoms with E-state index in [1.807, 2.05) is 12.3 Å². The molecule has 0 heterocycles. The summed E-state index contributed by atoms with van der Waals surface area (Å²) in [4.78, 5) is 8.03. The van der Waals surface area contributed by atoms with Crippen LogP contribution in [-0.4, -0.2) is 25.1 Å². The molecule has 0 aromatic rings. The van der Waals surface area contributed by atoms with Gasteiger partial charge in [0.1, 0.15) is 0 Å². The first kappa shape index (κ1) is 11.4. The van der Waals surface area contributed by atoms with E-state index in [9.17, 15) is 0 Å². The van der Waals surface area contributed by atoms with Crippen LogP contribution in [0.2, 0.25) is 0 Å². The fourth-order valence-corrected chi connectivity index (χ4v) is 1.16. The van der Waals surface area contributed by atoms with Crippen LogP contribution in [0.4, 0.5) is 0 Å². The largest absolute Gasteiger partial charge is 0.282 e. The molecule has 2 nitrogen and oxygen atoms in total. The standard InChI is InChI=1S/C9H16N2S/c1-7(2)8(10-3)6-9(11-4)12-5/h6-7H,3H2,1-2,4-5H3/b8-6-,11-9+. The van der Waals surface area contributed by atoms with Crippen molar-refractivity contribution in [1.29, 1.82) is 0 Å². The van der Waals surface area contributed by atoms with Crippen molar-refractivity contribution in [2.45, 2.75) is 13.8 Å². The molecular formula is C9H16N2S. The Labute approximate surface area is 78.9 Å². The van der Waals surface area contributed by atoms with Gasteiger partial charge >= 0.3 is 0 Å². The van der Waals surface area contributed by atoms with E-state index >= 15 is 0 Å². The van der Waals surface area contributed by atoms with Crippen LogP contribution in [0.25, 0.3) is 0 Å². The third kappa shape index (κ3) is 3.72. The second-order valence-corrected chi connectivity index (χ2v) is 3.47. The summed E-state index contributed by atoms with van der Waals surface area (Å²) in [6, 6.07) is 0. The molecule has 68 valence electrons. The molecule has 0 aliphatic heterocycles. The van der Waals surface area contributed by atoms with Crippen LogP contribution in [0, 0.1) is 5.92 Å². The van der Waals surface area contributed by atoms with E-state index < -0.39 is 0 Å². The Morgan fingerprint density at radius 2 is 2.08 bits per heavy atom. The molecule has 0 fully saturated rings. The van der Waals surface area contributed by atoms with Gasteiger partial charge in [-0.05, 0) is 25.0 Å². The lowest BCUT2D eigenvalue weighted by molar-refractivity contribution is 0.761. The van der Waals surface area contributed by atoms with Crippen LogP contribution < -0.4 is 0 Å². The van der Waals surface area contributed by atoms with Crippen molar-refractivity contribution in [3.63, 3.8) is 0 Å². The molecule has 0 aromatic carbocycles. The molecule has 12 heavy (non-hydrogen) atoms. The van der Waals surface area contributed by atoms with Crippen molar-refractivity contribution in [3.8, 4) is 0 Å². The quantitative estimate of drug-likeness (QED) is 0.489. The van der Waals surface area contributed by atoms with Gasteiger partial charge in [-0.2, -0.15) is 0 Å². The fraction of sp³-hybridized carbons (Fsp3) is 0.556. The Morgan fingerprint density at radius 3 is 2.33 bits per heavy atom. The SMILES string of the molecule is C=N/C(=C\C(=N/C)SC)C(C)C. The molecule has 3 heteroatoms. The van der Waals surface area contributed by atoms with Gasteiger partial charge in [0.2, 0.25) is 0 Å². The summed E-state index contributed by atoms with van der Waals surface area (Å²) in [7, 11) is 1.78. The molecule has 0 amide bonds. The number of allylic oxidation sites excluding steroid dienone is 1. The highest BCUT2D eigenvalue weighted by Crippen LogP contribution is 2.12. The molecule has 0 spiro atoms. The van der Waals surface area contributed by atoms with Crippen LogP contribution in [0.15, 0.2) is 21.8 Å². The summed E-state index contributed by atoms with van der Waals surface area (Å²) in [6.07, 6.45) is 3.97. The molecule has 0 aliphatic rings. The maximum Gasteiger partial charge on any atom is 0.0916 e. The van der Waals surface area contributed by atoms with E-state index in [0.29, 0.717) is 5.92 Å². The summed E-state index contributed by atoms with van der Waals surface area (Å²) in [5.41, 5.74) is 0.991. The zero-order valence-corrected chi connectivity index (χ0v) is 8.98. The lowest BCUT2D eigenvalue weighted by Gasteiger charge is -2.04. The third-order valence-electron chi connectivity index (χ3n) is 1.47. The molecular weight excluding hydrogens is 168 g/mol. The topological polar surface area (TPSA) is 24.7 Å². The van der Waals surface area contributed by atoms with Crippen LogP contribution in [0.1, 0.15) is 13.8 Å². The highest BCUT2D eigenvalue weighted by Gasteiger charge is 2.01. The van der Waals surface area contributed by atoms with Crippen molar-refractivity contribution in [2.75, 3.05) is 13.3 Å². The summed E-state index contributed by atoms with van der Waals surface area (Å²) >= 11 is 1.62. The number of nitrogens with zero attached hydrogens (tertiary/aromatic N) is 2. The van der Waals surface area contributed by atoms with E-state index in [4.69, 9.17) is 0 Å². The molecule has 0 radical (unpaired) electrons. The van der Waals surface area contributed by atoms with E-state index in [0.717, 1.165) is 10.7 Å². The number of hydrogen-bond donors (Lipinski definition) is 0. The lowest BCUT2D eigenvalue weighted by Crippen LogP contribution is -1.94. The van der Waals surface area contributed by atoms with E-state index in [-0.39, 0.29) is 0 Å². The van der Waals surface area contributed by atoms with Gasteiger partial charge in [-0.25, -0.2) is 0 Å². The van der Waals surface area contributed by atoms with Crippen molar-refractivity contribution in [1.82, 2.24) is 0 Å². The Kier molecular flexibility index (Phi) is 5.72. The molecule has 0 rings (SSSR count). The van der Waals surface area contributed by atoms with Gasteiger partial charge in [-0.15, -0.1) is 11.8 Å². The normalized spacial score (nSPS) is 13.8. The van der Waals surface area contributed by atoms with Crippen molar-refractivity contribution < 1.29 is 0 Å². The zero-order chi connectivity index (χ0) is 9.56. The third-order valence-corrected chi connectivity index (χ3v) is 2.19. The minimum atomic E-state index is 0.409. The molecule has 0 aromatic heterocycles. The summed E-state index contributed by atoms with van der Waals surface area (Å²) in [5, 5.41) is 0.992. The fourth-order valence-electron chi connectivity index (χ4n) is 0.736.